The SMILES string of the molecule is NCCC(=O)C1CCCc2ccccc21. The van der Waals surface area contributed by atoms with Crippen LogP contribution in [0.4, 0.5) is 0 Å². The summed E-state index contributed by atoms with van der Waals surface area (Å²) in [5.74, 6) is 0.420. The molecule has 0 saturated carbocycles. The van der Waals surface area contributed by atoms with Gasteiger partial charge in [0.2, 0.25) is 0 Å². The zero-order chi connectivity index (χ0) is 10.7. The number of hydrogen-bond acceptors (Lipinski definition) is 2. The summed E-state index contributed by atoms with van der Waals surface area (Å²) in [6.45, 7) is 0.470. The fourth-order valence-corrected chi connectivity index (χ4v) is 2.40. The molecule has 0 heterocycles. The van der Waals surface area contributed by atoms with E-state index in [2.05, 4.69) is 18.2 Å². The summed E-state index contributed by atoms with van der Waals surface area (Å²) in [4.78, 5) is 11.9. The van der Waals surface area contributed by atoms with Gasteiger partial charge in [-0.05, 0) is 36.9 Å². The molecule has 15 heavy (non-hydrogen) atoms. The Morgan fingerprint density at radius 2 is 2.20 bits per heavy atom. The van der Waals surface area contributed by atoms with E-state index in [-0.39, 0.29) is 5.92 Å². The number of fused-ring (bicyclic) bond motifs is 1. The van der Waals surface area contributed by atoms with Gasteiger partial charge in [0.1, 0.15) is 5.78 Å². The maximum Gasteiger partial charge on any atom is 0.141 e. The largest absolute Gasteiger partial charge is 0.330 e. The first-order valence-corrected chi connectivity index (χ1v) is 5.63. The van der Waals surface area contributed by atoms with Gasteiger partial charge in [-0.3, -0.25) is 4.79 Å². The molecule has 2 N–H and O–H groups in total. The van der Waals surface area contributed by atoms with E-state index in [1.807, 2.05) is 6.07 Å². The average Bonchev–Trinajstić information content (AvgIpc) is 2.28. The minimum atomic E-state index is 0.110. The van der Waals surface area contributed by atoms with Crippen molar-refractivity contribution in [3.63, 3.8) is 0 Å². The van der Waals surface area contributed by atoms with Crippen LogP contribution >= 0.6 is 0 Å². The van der Waals surface area contributed by atoms with Crippen LogP contribution in [0.1, 0.15) is 36.3 Å². The molecule has 2 heteroatoms. The summed E-state index contributed by atoms with van der Waals surface area (Å²) in [6, 6.07) is 8.30. The molecule has 0 fully saturated rings. The first-order chi connectivity index (χ1) is 7.33. The minimum Gasteiger partial charge on any atom is -0.330 e. The Hall–Kier alpha value is -1.15. The van der Waals surface area contributed by atoms with E-state index in [4.69, 9.17) is 5.73 Å². The van der Waals surface area contributed by atoms with Gasteiger partial charge in [0.25, 0.3) is 0 Å². The van der Waals surface area contributed by atoms with Crippen LogP contribution in [0.2, 0.25) is 0 Å². The molecular formula is C13H17NO. The fourth-order valence-electron chi connectivity index (χ4n) is 2.40. The summed E-state index contributed by atoms with van der Waals surface area (Å²) >= 11 is 0. The summed E-state index contributed by atoms with van der Waals surface area (Å²) in [5, 5.41) is 0. The molecule has 0 aliphatic heterocycles. The Morgan fingerprint density at radius 1 is 1.40 bits per heavy atom. The maximum absolute atomic E-state index is 11.9. The minimum absolute atomic E-state index is 0.110. The number of benzene rings is 1. The topological polar surface area (TPSA) is 43.1 Å². The lowest BCUT2D eigenvalue weighted by atomic mass is 9.80. The monoisotopic (exact) mass is 203 g/mol. The predicted octanol–water partition coefficient (Wildman–Crippen LogP) is 2.02. The van der Waals surface area contributed by atoms with Crippen molar-refractivity contribution in [2.24, 2.45) is 5.73 Å². The van der Waals surface area contributed by atoms with Crippen LogP contribution in [0, 0.1) is 0 Å². The van der Waals surface area contributed by atoms with Crippen LogP contribution in [-0.4, -0.2) is 12.3 Å². The zero-order valence-electron chi connectivity index (χ0n) is 8.91. The van der Waals surface area contributed by atoms with Gasteiger partial charge >= 0.3 is 0 Å². The summed E-state index contributed by atoms with van der Waals surface area (Å²) in [7, 11) is 0. The van der Waals surface area contributed by atoms with E-state index < -0.39 is 0 Å². The number of hydrogen-bond donors (Lipinski definition) is 1. The molecule has 0 saturated heterocycles. The molecule has 2 nitrogen and oxygen atoms in total. The Labute approximate surface area is 90.5 Å². The van der Waals surface area contributed by atoms with Crippen molar-refractivity contribution in [2.45, 2.75) is 31.6 Å². The molecule has 0 amide bonds. The van der Waals surface area contributed by atoms with E-state index in [0.29, 0.717) is 18.7 Å². The van der Waals surface area contributed by atoms with Gasteiger partial charge in [0.05, 0.1) is 0 Å². The van der Waals surface area contributed by atoms with E-state index >= 15 is 0 Å². The van der Waals surface area contributed by atoms with Gasteiger partial charge in [0, 0.05) is 12.3 Å². The van der Waals surface area contributed by atoms with E-state index in [1.165, 1.54) is 11.1 Å². The standard InChI is InChI=1S/C13H17NO/c14-9-8-13(15)12-7-3-5-10-4-1-2-6-11(10)12/h1-2,4,6,12H,3,5,7-9,14H2. The van der Waals surface area contributed by atoms with Crippen molar-refractivity contribution < 1.29 is 4.79 Å². The molecule has 0 spiro atoms. The third kappa shape index (κ3) is 2.10. The Morgan fingerprint density at radius 3 is 3.00 bits per heavy atom. The summed E-state index contributed by atoms with van der Waals surface area (Å²) in [5.41, 5.74) is 8.02. The Kier molecular flexibility index (Phi) is 3.17. The van der Waals surface area contributed by atoms with Crippen LogP contribution in [-0.2, 0) is 11.2 Å². The lowest BCUT2D eigenvalue weighted by Crippen LogP contribution is -2.20. The van der Waals surface area contributed by atoms with Crippen LogP contribution in [0.5, 0.6) is 0 Å². The van der Waals surface area contributed by atoms with Gasteiger partial charge in [-0.25, -0.2) is 0 Å². The van der Waals surface area contributed by atoms with Crippen LogP contribution in [0.3, 0.4) is 0 Å². The third-order valence-corrected chi connectivity index (χ3v) is 3.15. The fraction of sp³-hybridized carbons (Fsp3) is 0.462. The number of Topliss-reactive ketones (excluding diaryl/α,β-unsaturated/α-hetero) is 1. The molecule has 0 radical (unpaired) electrons. The number of carbonyl (C=O) groups is 1. The first kappa shape index (κ1) is 10.4. The second-order valence-corrected chi connectivity index (χ2v) is 4.15. The van der Waals surface area contributed by atoms with E-state index in [0.717, 1.165) is 19.3 Å². The van der Waals surface area contributed by atoms with Crippen molar-refractivity contribution in [2.75, 3.05) is 6.54 Å². The van der Waals surface area contributed by atoms with Gasteiger partial charge in [-0.15, -0.1) is 0 Å². The second kappa shape index (κ2) is 4.58. The average molecular weight is 203 g/mol. The smallest absolute Gasteiger partial charge is 0.141 e. The van der Waals surface area contributed by atoms with Crippen LogP contribution in [0.25, 0.3) is 0 Å². The zero-order valence-corrected chi connectivity index (χ0v) is 8.91. The highest BCUT2D eigenvalue weighted by Crippen LogP contribution is 2.32. The number of carbonyl (C=O) groups excluding carboxylic acids is 1. The molecule has 1 aromatic rings. The first-order valence-electron chi connectivity index (χ1n) is 5.63. The third-order valence-electron chi connectivity index (χ3n) is 3.15. The van der Waals surface area contributed by atoms with Crippen molar-refractivity contribution in [3.8, 4) is 0 Å². The highest BCUT2D eigenvalue weighted by Gasteiger charge is 2.24. The lowest BCUT2D eigenvalue weighted by molar-refractivity contribution is -0.120. The van der Waals surface area contributed by atoms with Crippen molar-refractivity contribution in [1.29, 1.82) is 0 Å². The van der Waals surface area contributed by atoms with E-state index in [9.17, 15) is 4.79 Å². The van der Waals surface area contributed by atoms with Crippen LogP contribution < -0.4 is 5.73 Å². The molecule has 1 unspecified atom stereocenters. The molecular weight excluding hydrogens is 186 g/mol. The maximum atomic E-state index is 11.9. The van der Waals surface area contributed by atoms with E-state index in [1.54, 1.807) is 0 Å². The number of nitrogens with two attached hydrogens (primary N) is 1. The van der Waals surface area contributed by atoms with Crippen molar-refractivity contribution >= 4 is 5.78 Å². The molecule has 1 aliphatic rings. The second-order valence-electron chi connectivity index (χ2n) is 4.15. The van der Waals surface area contributed by atoms with Crippen molar-refractivity contribution in [3.05, 3.63) is 35.4 Å². The summed E-state index contributed by atoms with van der Waals surface area (Å²) < 4.78 is 0. The predicted molar refractivity (Wildman–Crippen MR) is 60.8 cm³/mol. The number of rotatable bonds is 3. The molecule has 80 valence electrons. The highest BCUT2D eigenvalue weighted by molar-refractivity contribution is 5.86. The molecule has 0 aromatic heterocycles. The van der Waals surface area contributed by atoms with Gasteiger partial charge < -0.3 is 5.73 Å². The Balaban J connectivity index is 2.25. The van der Waals surface area contributed by atoms with Gasteiger partial charge in [0.15, 0.2) is 0 Å². The number of ketones is 1. The van der Waals surface area contributed by atoms with Crippen LogP contribution in [0.15, 0.2) is 24.3 Å². The molecule has 1 aliphatic carbocycles. The molecule has 2 rings (SSSR count). The Bertz CT molecular complexity index is 359. The normalized spacial score (nSPS) is 19.7. The summed E-state index contributed by atoms with van der Waals surface area (Å²) in [6.07, 6.45) is 3.75. The van der Waals surface area contributed by atoms with Gasteiger partial charge in [-0.2, -0.15) is 0 Å². The molecule has 0 bridgehead atoms. The van der Waals surface area contributed by atoms with Gasteiger partial charge in [-0.1, -0.05) is 24.3 Å². The number of aryl methyl sites for hydroxylation is 1. The van der Waals surface area contributed by atoms with Crippen molar-refractivity contribution in [1.82, 2.24) is 0 Å². The molecule has 1 atom stereocenters. The highest BCUT2D eigenvalue weighted by atomic mass is 16.1. The molecule has 1 aromatic carbocycles. The lowest BCUT2D eigenvalue weighted by Gasteiger charge is -2.24. The quantitative estimate of drug-likeness (QED) is 0.816.